The third-order valence-corrected chi connectivity index (χ3v) is 4.91. The van der Waals surface area contributed by atoms with Crippen LogP contribution in [0.4, 0.5) is 0 Å². The molecule has 1 aromatic heterocycles. The Morgan fingerprint density at radius 2 is 2.00 bits per heavy atom. The van der Waals surface area contributed by atoms with E-state index >= 15 is 0 Å². The molecule has 0 aliphatic carbocycles. The Bertz CT molecular complexity index is 577. The van der Waals surface area contributed by atoms with E-state index in [1.807, 2.05) is 24.3 Å². The second-order valence-corrected chi connectivity index (χ2v) is 6.53. The topological polar surface area (TPSA) is 45.2 Å². The van der Waals surface area contributed by atoms with Crippen LogP contribution in [-0.2, 0) is 0 Å². The van der Waals surface area contributed by atoms with E-state index in [2.05, 4.69) is 15.2 Å². The van der Waals surface area contributed by atoms with Crippen LogP contribution < -0.4 is 5.32 Å². The SMILES string of the molecule is Cl.O=C(NCCCCN1CCCC1)c1nc2ccccc2s1. The van der Waals surface area contributed by atoms with Gasteiger partial charge in [0.15, 0.2) is 5.01 Å². The van der Waals surface area contributed by atoms with Crippen molar-refractivity contribution in [1.29, 1.82) is 0 Å². The number of fused-ring (bicyclic) bond motifs is 1. The molecule has 22 heavy (non-hydrogen) atoms. The van der Waals surface area contributed by atoms with Gasteiger partial charge in [-0.25, -0.2) is 4.98 Å². The maximum absolute atomic E-state index is 12.1. The Morgan fingerprint density at radius 1 is 1.23 bits per heavy atom. The van der Waals surface area contributed by atoms with Gasteiger partial charge in [-0.2, -0.15) is 0 Å². The molecule has 1 aliphatic rings. The fourth-order valence-corrected chi connectivity index (χ4v) is 3.60. The van der Waals surface area contributed by atoms with E-state index in [9.17, 15) is 4.79 Å². The molecule has 0 unspecified atom stereocenters. The van der Waals surface area contributed by atoms with Crippen LogP contribution in [-0.4, -0.2) is 42.0 Å². The molecule has 0 bridgehead atoms. The quantitative estimate of drug-likeness (QED) is 0.821. The number of hydrogen-bond acceptors (Lipinski definition) is 4. The summed E-state index contributed by atoms with van der Waals surface area (Å²) >= 11 is 1.46. The Morgan fingerprint density at radius 3 is 2.77 bits per heavy atom. The molecule has 1 amide bonds. The zero-order chi connectivity index (χ0) is 14.5. The first-order chi connectivity index (χ1) is 10.3. The number of benzene rings is 1. The summed E-state index contributed by atoms with van der Waals surface area (Å²) in [4.78, 5) is 18.9. The maximum atomic E-state index is 12.1. The second-order valence-electron chi connectivity index (χ2n) is 5.50. The van der Waals surface area contributed by atoms with E-state index in [4.69, 9.17) is 0 Å². The van der Waals surface area contributed by atoms with Gasteiger partial charge in [-0.1, -0.05) is 12.1 Å². The number of aromatic nitrogens is 1. The maximum Gasteiger partial charge on any atom is 0.280 e. The van der Waals surface area contributed by atoms with E-state index in [0.29, 0.717) is 5.01 Å². The Hall–Kier alpha value is -1.17. The van der Waals surface area contributed by atoms with Gasteiger partial charge in [-0.05, 0) is 57.5 Å². The summed E-state index contributed by atoms with van der Waals surface area (Å²) in [6.07, 6.45) is 4.87. The van der Waals surface area contributed by atoms with Crippen molar-refractivity contribution in [2.45, 2.75) is 25.7 Å². The number of para-hydroxylation sites is 1. The van der Waals surface area contributed by atoms with Crippen molar-refractivity contribution in [3.63, 3.8) is 0 Å². The number of amides is 1. The third kappa shape index (κ3) is 4.41. The molecule has 3 rings (SSSR count). The molecule has 1 aromatic carbocycles. The highest BCUT2D eigenvalue weighted by Crippen LogP contribution is 2.21. The van der Waals surface area contributed by atoms with Gasteiger partial charge >= 0.3 is 0 Å². The number of halogens is 1. The summed E-state index contributed by atoms with van der Waals surface area (Å²) in [6.45, 7) is 4.40. The first-order valence-corrected chi connectivity index (χ1v) is 8.51. The van der Waals surface area contributed by atoms with Gasteiger partial charge in [0.1, 0.15) is 0 Å². The van der Waals surface area contributed by atoms with E-state index in [1.165, 1.54) is 37.3 Å². The molecule has 1 fully saturated rings. The molecule has 0 atom stereocenters. The number of unbranched alkanes of at least 4 members (excludes halogenated alkanes) is 1. The van der Waals surface area contributed by atoms with E-state index < -0.39 is 0 Å². The molecule has 2 heterocycles. The monoisotopic (exact) mass is 339 g/mol. The molecular weight excluding hydrogens is 318 g/mol. The highest BCUT2D eigenvalue weighted by atomic mass is 35.5. The van der Waals surface area contributed by atoms with Gasteiger partial charge in [-0.15, -0.1) is 23.7 Å². The number of rotatable bonds is 6. The van der Waals surface area contributed by atoms with Gasteiger partial charge in [0.25, 0.3) is 5.91 Å². The summed E-state index contributed by atoms with van der Waals surface area (Å²) in [7, 11) is 0. The predicted octanol–water partition coefficient (Wildman–Crippen LogP) is 3.32. The van der Waals surface area contributed by atoms with Gasteiger partial charge in [-0.3, -0.25) is 4.79 Å². The number of carbonyl (C=O) groups excluding carboxylic acids is 1. The number of nitrogens with one attached hydrogen (secondary N) is 1. The van der Waals surface area contributed by atoms with Crippen LogP contribution in [0.25, 0.3) is 10.2 Å². The van der Waals surface area contributed by atoms with Crippen LogP contribution in [0.2, 0.25) is 0 Å². The van der Waals surface area contributed by atoms with Crippen LogP contribution in [0.5, 0.6) is 0 Å². The molecule has 0 spiro atoms. The van der Waals surface area contributed by atoms with Crippen molar-refractivity contribution >= 4 is 39.9 Å². The minimum absolute atomic E-state index is 0. The fraction of sp³-hybridized carbons (Fsp3) is 0.500. The van der Waals surface area contributed by atoms with Crippen molar-refractivity contribution in [3.05, 3.63) is 29.3 Å². The Balaban J connectivity index is 0.00000176. The van der Waals surface area contributed by atoms with Gasteiger partial charge in [0, 0.05) is 6.54 Å². The normalized spacial score (nSPS) is 14.9. The van der Waals surface area contributed by atoms with Crippen molar-refractivity contribution in [3.8, 4) is 0 Å². The van der Waals surface area contributed by atoms with E-state index in [1.54, 1.807) is 0 Å². The van der Waals surface area contributed by atoms with Gasteiger partial charge in [0.2, 0.25) is 0 Å². The fourth-order valence-electron chi connectivity index (χ4n) is 2.71. The molecule has 4 nitrogen and oxygen atoms in total. The van der Waals surface area contributed by atoms with Gasteiger partial charge < -0.3 is 10.2 Å². The highest BCUT2D eigenvalue weighted by molar-refractivity contribution is 7.20. The smallest absolute Gasteiger partial charge is 0.280 e. The lowest BCUT2D eigenvalue weighted by Crippen LogP contribution is -2.26. The molecular formula is C16H22ClN3OS. The summed E-state index contributed by atoms with van der Waals surface area (Å²) in [6, 6.07) is 7.86. The number of nitrogens with zero attached hydrogens (tertiary/aromatic N) is 2. The second kappa shape index (κ2) is 8.46. The standard InChI is InChI=1S/C16H21N3OS.ClH/c20-15(16-18-13-7-1-2-8-14(13)21-16)17-9-3-4-10-19-11-5-6-12-19;/h1-2,7-8H,3-6,9-12H2,(H,17,20);1H. The van der Waals surface area contributed by atoms with Crippen LogP contribution in [0, 0.1) is 0 Å². The first-order valence-electron chi connectivity index (χ1n) is 7.69. The number of hydrogen-bond donors (Lipinski definition) is 1. The number of thiazole rings is 1. The molecule has 0 radical (unpaired) electrons. The average molecular weight is 340 g/mol. The lowest BCUT2D eigenvalue weighted by atomic mass is 10.3. The zero-order valence-electron chi connectivity index (χ0n) is 12.6. The summed E-state index contributed by atoms with van der Waals surface area (Å²) in [5.74, 6) is -0.0441. The molecule has 1 N–H and O–H groups in total. The molecule has 1 saturated heterocycles. The number of likely N-dealkylation sites (tertiary alicyclic amines) is 1. The molecule has 1 aliphatic heterocycles. The molecule has 120 valence electrons. The predicted molar refractivity (Wildman–Crippen MR) is 94.1 cm³/mol. The minimum Gasteiger partial charge on any atom is -0.350 e. The molecule has 0 saturated carbocycles. The van der Waals surface area contributed by atoms with Crippen molar-refractivity contribution in [1.82, 2.24) is 15.2 Å². The first kappa shape index (κ1) is 17.2. The lowest BCUT2D eigenvalue weighted by molar-refractivity contribution is 0.0952. The highest BCUT2D eigenvalue weighted by Gasteiger charge is 2.12. The Kier molecular flexibility index (Phi) is 6.61. The van der Waals surface area contributed by atoms with Crippen LogP contribution in [0.1, 0.15) is 35.5 Å². The van der Waals surface area contributed by atoms with Crippen molar-refractivity contribution in [2.75, 3.05) is 26.2 Å². The average Bonchev–Trinajstić information content (AvgIpc) is 3.15. The zero-order valence-corrected chi connectivity index (χ0v) is 14.2. The molecule has 2 aromatic rings. The number of carbonyl (C=O) groups is 1. The summed E-state index contributed by atoms with van der Waals surface area (Å²) in [5, 5.41) is 3.54. The van der Waals surface area contributed by atoms with Crippen LogP contribution >= 0.6 is 23.7 Å². The van der Waals surface area contributed by atoms with E-state index in [0.717, 1.165) is 36.1 Å². The molecule has 6 heteroatoms. The lowest BCUT2D eigenvalue weighted by Gasteiger charge is -2.13. The van der Waals surface area contributed by atoms with Crippen LogP contribution in [0.3, 0.4) is 0 Å². The summed E-state index contributed by atoms with van der Waals surface area (Å²) < 4.78 is 1.07. The van der Waals surface area contributed by atoms with E-state index in [-0.39, 0.29) is 18.3 Å². The minimum atomic E-state index is -0.0441. The third-order valence-electron chi connectivity index (χ3n) is 3.87. The van der Waals surface area contributed by atoms with Crippen molar-refractivity contribution in [2.24, 2.45) is 0 Å². The van der Waals surface area contributed by atoms with Gasteiger partial charge in [0.05, 0.1) is 10.2 Å². The summed E-state index contributed by atoms with van der Waals surface area (Å²) in [5.41, 5.74) is 0.904. The van der Waals surface area contributed by atoms with Crippen LogP contribution in [0.15, 0.2) is 24.3 Å². The van der Waals surface area contributed by atoms with Crippen molar-refractivity contribution < 1.29 is 4.79 Å². The largest absolute Gasteiger partial charge is 0.350 e. The Labute approximate surface area is 141 Å².